The molecule has 0 aliphatic rings. The summed E-state index contributed by atoms with van der Waals surface area (Å²) in [5, 5.41) is 1.63. The van der Waals surface area contributed by atoms with E-state index < -0.39 is 0 Å². The monoisotopic (exact) mass is 244 g/mol. The zero-order valence-corrected chi connectivity index (χ0v) is 8.43. The summed E-state index contributed by atoms with van der Waals surface area (Å²) in [5.41, 5.74) is 0.925. The van der Waals surface area contributed by atoms with Gasteiger partial charge in [-0.15, -0.1) is 0 Å². The lowest BCUT2D eigenvalue weighted by Gasteiger charge is -1.96. The minimum atomic E-state index is 0.667. The van der Waals surface area contributed by atoms with Gasteiger partial charge in [0.25, 0.3) is 0 Å². The van der Waals surface area contributed by atoms with Crippen molar-refractivity contribution in [3.63, 3.8) is 0 Å². The quantitative estimate of drug-likeness (QED) is 0.711. The minimum absolute atomic E-state index is 0.667. The first-order chi connectivity index (χ1) is 5.70. The van der Waals surface area contributed by atoms with Crippen molar-refractivity contribution in [3.8, 4) is 0 Å². The summed E-state index contributed by atoms with van der Waals surface area (Å²) in [6.07, 6.45) is 1.69. The fourth-order valence-electron chi connectivity index (χ4n) is 1.22. The third-order valence-electron chi connectivity index (χ3n) is 1.76. The molecule has 62 valence electrons. The second kappa shape index (κ2) is 2.68. The van der Waals surface area contributed by atoms with Crippen molar-refractivity contribution in [2.45, 2.75) is 0 Å². The van der Waals surface area contributed by atoms with E-state index in [1.54, 1.807) is 6.20 Å². The van der Waals surface area contributed by atoms with Crippen molar-refractivity contribution < 1.29 is 0 Å². The Bertz CT molecular complexity index is 436. The fraction of sp³-hybridized carbons (Fsp3) is 0. The summed E-state index contributed by atoms with van der Waals surface area (Å²) in [4.78, 5) is 0. The molecule has 0 amide bonds. The van der Waals surface area contributed by atoms with E-state index in [0.29, 0.717) is 5.02 Å². The van der Waals surface area contributed by atoms with Gasteiger partial charge in [0.05, 0.1) is 10.5 Å². The molecule has 1 aromatic carbocycles. The summed E-state index contributed by atoms with van der Waals surface area (Å²) in [7, 11) is 0. The molecule has 2 rings (SSSR count). The van der Waals surface area contributed by atoms with Gasteiger partial charge in [-0.05, 0) is 12.1 Å². The van der Waals surface area contributed by atoms with Gasteiger partial charge in [0, 0.05) is 16.1 Å². The Morgan fingerprint density at radius 3 is 2.83 bits per heavy atom. The van der Waals surface area contributed by atoms with Crippen LogP contribution in [0.15, 0.2) is 28.9 Å². The first-order valence-electron chi connectivity index (χ1n) is 3.40. The van der Waals surface area contributed by atoms with Crippen LogP contribution in [-0.2, 0) is 0 Å². The van der Waals surface area contributed by atoms with Crippen LogP contribution in [0.4, 0.5) is 0 Å². The largest absolute Gasteiger partial charge is 0.339 e. The Kier molecular flexibility index (Phi) is 1.77. The van der Waals surface area contributed by atoms with E-state index in [1.807, 2.05) is 18.2 Å². The van der Waals surface area contributed by atoms with Crippen LogP contribution in [0.2, 0.25) is 5.02 Å². The lowest BCUT2D eigenvalue weighted by Crippen LogP contribution is -2.04. The van der Waals surface area contributed by atoms with E-state index in [9.17, 15) is 0 Å². The van der Waals surface area contributed by atoms with Crippen molar-refractivity contribution in [1.29, 1.82) is 0 Å². The second-order valence-corrected chi connectivity index (χ2v) is 3.78. The van der Waals surface area contributed by atoms with Crippen LogP contribution in [-0.4, -0.2) is 4.68 Å². The van der Waals surface area contributed by atoms with E-state index in [4.69, 9.17) is 17.4 Å². The average molecular weight is 246 g/mol. The number of nitrogens with zero attached hydrogens (tertiary/aromatic N) is 1. The van der Waals surface area contributed by atoms with Gasteiger partial charge in [-0.1, -0.05) is 33.6 Å². The van der Waals surface area contributed by atoms with Crippen molar-refractivity contribution >= 4 is 38.4 Å². The summed E-state index contributed by atoms with van der Waals surface area (Å²) >= 11 is 9.36. The van der Waals surface area contributed by atoms with Crippen LogP contribution in [0.25, 0.3) is 10.9 Å². The minimum Gasteiger partial charge on any atom is -0.339 e. The molecule has 0 fully saturated rings. The highest BCUT2D eigenvalue weighted by atomic mass is 79.9. The number of rotatable bonds is 0. The maximum Gasteiger partial charge on any atom is 0.0717 e. The normalized spacial score (nSPS) is 10.8. The van der Waals surface area contributed by atoms with Crippen LogP contribution >= 0.6 is 27.5 Å². The highest BCUT2D eigenvalue weighted by Gasteiger charge is 2.06. The molecule has 1 heterocycles. The maximum absolute atomic E-state index is 5.95. The Morgan fingerprint density at radius 1 is 1.42 bits per heavy atom. The number of benzene rings is 1. The van der Waals surface area contributed by atoms with Gasteiger partial charge < -0.3 is 5.84 Å². The summed E-state index contributed by atoms with van der Waals surface area (Å²) < 4.78 is 2.48. The highest BCUT2D eigenvalue weighted by Crippen LogP contribution is 2.30. The van der Waals surface area contributed by atoms with Crippen LogP contribution < -0.4 is 5.84 Å². The standard InChI is InChI=1S/C8H6BrClN2/c9-5-2-1-3-7-8(5)6(10)4-12(7)11/h1-4H,11H2. The van der Waals surface area contributed by atoms with Crippen molar-refractivity contribution in [3.05, 3.63) is 33.9 Å². The number of halogens is 2. The second-order valence-electron chi connectivity index (χ2n) is 2.52. The number of hydrogen-bond acceptors (Lipinski definition) is 1. The number of fused-ring (bicyclic) bond motifs is 1. The topological polar surface area (TPSA) is 30.9 Å². The molecule has 2 aromatic rings. The van der Waals surface area contributed by atoms with Gasteiger partial charge in [-0.2, -0.15) is 0 Å². The molecule has 4 heteroatoms. The van der Waals surface area contributed by atoms with Crippen LogP contribution in [0.1, 0.15) is 0 Å². The summed E-state index contributed by atoms with van der Waals surface area (Å²) in [6, 6.07) is 5.78. The van der Waals surface area contributed by atoms with Crippen molar-refractivity contribution in [2.24, 2.45) is 0 Å². The SMILES string of the molecule is Nn1cc(Cl)c2c(Br)cccc21. The molecule has 0 bridgehead atoms. The molecule has 0 radical (unpaired) electrons. The summed E-state index contributed by atoms with van der Waals surface area (Å²) in [5.74, 6) is 5.66. The molecule has 0 aliphatic heterocycles. The molecule has 2 nitrogen and oxygen atoms in total. The van der Waals surface area contributed by atoms with Crippen LogP contribution in [0, 0.1) is 0 Å². The molecule has 0 atom stereocenters. The number of nitrogen functional groups attached to an aromatic ring is 1. The molecular formula is C8H6BrClN2. The fourth-order valence-corrected chi connectivity index (χ4v) is 2.21. The first kappa shape index (κ1) is 7.95. The number of aromatic nitrogens is 1. The Labute approximate surface area is 83.0 Å². The van der Waals surface area contributed by atoms with Crippen LogP contribution in [0.5, 0.6) is 0 Å². The lowest BCUT2D eigenvalue weighted by atomic mass is 10.2. The van der Waals surface area contributed by atoms with E-state index in [1.165, 1.54) is 4.68 Å². The van der Waals surface area contributed by atoms with E-state index in [2.05, 4.69) is 15.9 Å². The van der Waals surface area contributed by atoms with E-state index in [0.717, 1.165) is 15.4 Å². The lowest BCUT2D eigenvalue weighted by molar-refractivity contribution is 1.07. The maximum atomic E-state index is 5.95. The molecular weight excluding hydrogens is 239 g/mol. The predicted octanol–water partition coefficient (Wildman–Crippen LogP) is 2.77. The third-order valence-corrected chi connectivity index (χ3v) is 2.71. The summed E-state index contributed by atoms with van der Waals surface area (Å²) in [6.45, 7) is 0. The molecule has 0 saturated heterocycles. The molecule has 0 saturated carbocycles. The third kappa shape index (κ3) is 1.01. The predicted molar refractivity (Wildman–Crippen MR) is 54.8 cm³/mol. The Morgan fingerprint density at radius 2 is 2.17 bits per heavy atom. The van der Waals surface area contributed by atoms with Gasteiger partial charge in [-0.25, -0.2) is 0 Å². The van der Waals surface area contributed by atoms with Gasteiger partial charge in [0.1, 0.15) is 0 Å². The van der Waals surface area contributed by atoms with Gasteiger partial charge >= 0.3 is 0 Å². The number of hydrogen-bond donors (Lipinski definition) is 1. The zero-order chi connectivity index (χ0) is 8.72. The highest BCUT2D eigenvalue weighted by molar-refractivity contribution is 9.10. The Balaban J connectivity index is 2.99. The molecule has 0 unspecified atom stereocenters. The van der Waals surface area contributed by atoms with E-state index >= 15 is 0 Å². The molecule has 2 N–H and O–H groups in total. The molecule has 0 spiro atoms. The van der Waals surface area contributed by atoms with Gasteiger partial charge in [0.2, 0.25) is 0 Å². The van der Waals surface area contributed by atoms with Gasteiger partial charge in [-0.3, -0.25) is 4.68 Å². The van der Waals surface area contributed by atoms with Gasteiger partial charge in [0.15, 0.2) is 0 Å². The van der Waals surface area contributed by atoms with Crippen molar-refractivity contribution in [2.75, 3.05) is 5.84 Å². The molecule has 12 heavy (non-hydrogen) atoms. The molecule has 0 aliphatic carbocycles. The molecule has 1 aromatic heterocycles. The van der Waals surface area contributed by atoms with Crippen molar-refractivity contribution in [1.82, 2.24) is 4.68 Å². The van der Waals surface area contributed by atoms with Crippen LogP contribution in [0.3, 0.4) is 0 Å². The zero-order valence-electron chi connectivity index (χ0n) is 6.09. The first-order valence-corrected chi connectivity index (χ1v) is 4.57. The van der Waals surface area contributed by atoms with E-state index in [-0.39, 0.29) is 0 Å². The Hall–Kier alpha value is -0.670. The smallest absolute Gasteiger partial charge is 0.0717 e. The number of nitrogens with two attached hydrogens (primary N) is 1. The average Bonchev–Trinajstić information content (AvgIpc) is 2.29.